The standard InChI is InChI=1S/C57H39BN2S2/c1-56(2,3)34-29-30-45-48(31-34)59(35-17-6-4-7-18-35)46-26-16-27-47-52(46)58(45)55-53(60(47)36-19-8-5-9-20-36)51-41-33-50-40(39-23-12-15-28-49(39)61-50)32-44(41)57(54(51)62-55)42-24-13-10-21-37(42)38-22-11-14-25-43(38)57/h4-33H,1-3H3. The van der Waals surface area contributed by atoms with Crippen LogP contribution in [0.5, 0.6) is 0 Å². The van der Waals surface area contributed by atoms with E-state index in [0.717, 1.165) is 0 Å². The van der Waals surface area contributed by atoms with Crippen LogP contribution in [0.2, 0.25) is 0 Å². The van der Waals surface area contributed by atoms with Crippen molar-refractivity contribution in [3.63, 3.8) is 0 Å². The summed E-state index contributed by atoms with van der Waals surface area (Å²) in [5.41, 5.74) is 20.6. The van der Waals surface area contributed by atoms with Gasteiger partial charge in [0, 0.05) is 63.8 Å². The van der Waals surface area contributed by atoms with E-state index in [0.29, 0.717) is 0 Å². The molecule has 4 heterocycles. The second-order valence-corrected chi connectivity index (χ2v) is 20.5. The van der Waals surface area contributed by atoms with Crippen LogP contribution >= 0.6 is 22.7 Å². The Hall–Kier alpha value is -6.66. The highest BCUT2D eigenvalue weighted by molar-refractivity contribution is 7.30. The van der Waals surface area contributed by atoms with Crippen LogP contribution in [0, 0.1) is 0 Å². The Balaban J connectivity index is 1.16. The number of thiophene rings is 2. The molecule has 0 unspecified atom stereocenters. The van der Waals surface area contributed by atoms with Crippen molar-refractivity contribution >= 4 is 99.4 Å². The van der Waals surface area contributed by atoms with Gasteiger partial charge in [-0.15, -0.1) is 22.7 Å². The summed E-state index contributed by atoms with van der Waals surface area (Å²) < 4.78 is 4.09. The minimum atomic E-state index is -0.474. The number of anilines is 6. The predicted octanol–water partition coefficient (Wildman–Crippen LogP) is 13.8. The van der Waals surface area contributed by atoms with Crippen molar-refractivity contribution in [2.24, 2.45) is 0 Å². The second kappa shape index (κ2) is 12.3. The third-order valence-electron chi connectivity index (χ3n) is 14.2. The number of benzene rings is 8. The number of hydrogen-bond donors (Lipinski definition) is 0. The van der Waals surface area contributed by atoms with Gasteiger partial charge in [-0.25, -0.2) is 0 Å². The molecule has 0 saturated heterocycles. The smallest absolute Gasteiger partial charge is 0.264 e. The molecule has 4 aliphatic rings. The fourth-order valence-corrected chi connectivity index (χ4v) is 14.4. The molecule has 0 atom stereocenters. The molecule has 14 rings (SSSR count). The normalized spacial score (nSPS) is 14.7. The Kier molecular flexibility index (Phi) is 6.92. The summed E-state index contributed by atoms with van der Waals surface area (Å²) in [6.07, 6.45) is 0. The molecule has 0 bridgehead atoms. The molecule has 10 aromatic rings. The fourth-order valence-electron chi connectivity index (χ4n) is 11.6. The van der Waals surface area contributed by atoms with Crippen LogP contribution in [-0.2, 0) is 10.8 Å². The third kappa shape index (κ3) is 4.35. The highest BCUT2D eigenvalue weighted by Crippen LogP contribution is 2.67. The van der Waals surface area contributed by atoms with Gasteiger partial charge in [-0.1, -0.05) is 142 Å². The van der Waals surface area contributed by atoms with Gasteiger partial charge in [0.15, 0.2) is 0 Å². The number of nitrogens with zero attached hydrogens (tertiary/aromatic N) is 2. The average molecular weight is 827 g/mol. The summed E-state index contributed by atoms with van der Waals surface area (Å²) in [7, 11) is 0. The highest BCUT2D eigenvalue weighted by atomic mass is 32.1. The van der Waals surface area contributed by atoms with Gasteiger partial charge in [-0.3, -0.25) is 0 Å². The zero-order chi connectivity index (χ0) is 41.1. The highest BCUT2D eigenvalue weighted by Gasteiger charge is 2.57. The first-order chi connectivity index (χ1) is 30.4. The maximum absolute atomic E-state index is 2.63. The van der Waals surface area contributed by atoms with Crippen molar-refractivity contribution in [3.05, 3.63) is 209 Å². The molecular weight excluding hydrogens is 788 g/mol. The SMILES string of the molecule is CC(C)(C)c1ccc2c(c1)N(c1ccccc1)c1cccc3c1B2c1sc2c(c1N3c1ccccc1)-c1cc3sc4ccccc4c3cc1C21c2ccccc2-c2ccccc21. The van der Waals surface area contributed by atoms with Gasteiger partial charge >= 0.3 is 0 Å². The second-order valence-electron chi connectivity index (χ2n) is 18.4. The zero-order valence-electron chi connectivity index (χ0n) is 34.6. The van der Waals surface area contributed by atoms with Crippen LogP contribution in [-0.4, -0.2) is 6.71 Å². The molecule has 0 saturated carbocycles. The van der Waals surface area contributed by atoms with E-state index in [1.54, 1.807) is 0 Å². The van der Waals surface area contributed by atoms with Crippen molar-refractivity contribution in [2.45, 2.75) is 31.6 Å². The van der Waals surface area contributed by atoms with Gasteiger partial charge in [-0.2, -0.15) is 0 Å². The molecule has 0 amide bonds. The van der Waals surface area contributed by atoms with Gasteiger partial charge < -0.3 is 9.80 Å². The molecule has 292 valence electrons. The first-order valence-electron chi connectivity index (χ1n) is 21.7. The number of fused-ring (bicyclic) bond motifs is 18. The Morgan fingerprint density at radius 1 is 0.484 bits per heavy atom. The van der Waals surface area contributed by atoms with Gasteiger partial charge in [0.1, 0.15) is 0 Å². The molecule has 0 N–H and O–H groups in total. The minimum absolute atomic E-state index is 0.0112. The summed E-state index contributed by atoms with van der Waals surface area (Å²) in [6.45, 7) is 7.03. The lowest BCUT2D eigenvalue weighted by molar-refractivity contribution is 0.590. The lowest BCUT2D eigenvalue weighted by Crippen LogP contribution is -2.60. The van der Waals surface area contributed by atoms with E-state index in [2.05, 4.69) is 224 Å². The zero-order valence-corrected chi connectivity index (χ0v) is 36.2. The van der Waals surface area contributed by atoms with E-state index in [4.69, 9.17) is 0 Å². The summed E-state index contributed by atoms with van der Waals surface area (Å²) in [4.78, 5) is 6.60. The van der Waals surface area contributed by atoms with Crippen LogP contribution in [0.4, 0.5) is 34.1 Å². The Labute approximate surface area is 370 Å². The van der Waals surface area contributed by atoms with Crippen LogP contribution < -0.4 is 25.5 Å². The van der Waals surface area contributed by atoms with Crippen LogP contribution in [0.1, 0.15) is 47.9 Å². The van der Waals surface area contributed by atoms with Crippen molar-refractivity contribution in [1.82, 2.24) is 0 Å². The monoisotopic (exact) mass is 826 g/mol. The van der Waals surface area contributed by atoms with E-state index >= 15 is 0 Å². The number of hydrogen-bond acceptors (Lipinski definition) is 4. The van der Waals surface area contributed by atoms with Crippen molar-refractivity contribution < 1.29 is 0 Å². The van der Waals surface area contributed by atoms with E-state index in [1.165, 1.54) is 119 Å². The number of para-hydroxylation sites is 2. The summed E-state index contributed by atoms with van der Waals surface area (Å²) in [6, 6.07) is 69.2. The van der Waals surface area contributed by atoms with E-state index in [1.807, 2.05) is 11.3 Å². The molecule has 0 radical (unpaired) electrons. The van der Waals surface area contributed by atoms with E-state index in [9.17, 15) is 0 Å². The first kappa shape index (κ1) is 35.0. The average Bonchev–Trinajstić information content (AvgIpc) is 4.03. The van der Waals surface area contributed by atoms with Crippen LogP contribution in [0.3, 0.4) is 0 Å². The Morgan fingerprint density at radius 3 is 1.82 bits per heavy atom. The minimum Gasteiger partial charge on any atom is -0.311 e. The number of rotatable bonds is 2. The first-order valence-corrected chi connectivity index (χ1v) is 23.3. The Morgan fingerprint density at radius 2 is 1.11 bits per heavy atom. The van der Waals surface area contributed by atoms with Crippen molar-refractivity contribution in [2.75, 3.05) is 9.80 Å². The summed E-state index contributed by atoms with van der Waals surface area (Å²) in [5, 5.41) is 2.69. The van der Waals surface area contributed by atoms with E-state index in [-0.39, 0.29) is 12.1 Å². The summed E-state index contributed by atoms with van der Waals surface area (Å²) in [5.74, 6) is 0. The molecule has 5 heteroatoms. The quantitative estimate of drug-likeness (QED) is 0.160. The summed E-state index contributed by atoms with van der Waals surface area (Å²) >= 11 is 3.99. The molecule has 2 aliphatic carbocycles. The maximum Gasteiger partial charge on any atom is 0.264 e. The maximum atomic E-state index is 2.63. The van der Waals surface area contributed by atoms with Gasteiger partial charge in [0.05, 0.1) is 11.1 Å². The molecule has 2 nitrogen and oxygen atoms in total. The topological polar surface area (TPSA) is 6.48 Å². The molecule has 1 spiro atoms. The predicted molar refractivity (Wildman–Crippen MR) is 266 cm³/mol. The lowest BCUT2D eigenvalue weighted by atomic mass is 9.36. The van der Waals surface area contributed by atoms with Crippen molar-refractivity contribution in [1.29, 1.82) is 0 Å². The van der Waals surface area contributed by atoms with Gasteiger partial charge in [-0.05, 0) is 116 Å². The van der Waals surface area contributed by atoms with Crippen LogP contribution in [0.15, 0.2) is 182 Å². The molecule has 62 heavy (non-hydrogen) atoms. The van der Waals surface area contributed by atoms with Gasteiger partial charge in [0.2, 0.25) is 0 Å². The van der Waals surface area contributed by atoms with E-state index < -0.39 is 5.41 Å². The fraction of sp³-hybridized carbons (Fsp3) is 0.0877. The Bertz CT molecular complexity index is 3490. The van der Waals surface area contributed by atoms with Crippen molar-refractivity contribution in [3.8, 4) is 22.3 Å². The molecule has 0 fully saturated rings. The largest absolute Gasteiger partial charge is 0.311 e. The van der Waals surface area contributed by atoms with Crippen LogP contribution in [0.25, 0.3) is 42.4 Å². The lowest BCUT2D eigenvalue weighted by Gasteiger charge is -2.43. The third-order valence-corrected chi connectivity index (χ3v) is 16.7. The molecule has 2 aromatic heterocycles. The molecule has 2 aliphatic heterocycles. The van der Waals surface area contributed by atoms with Gasteiger partial charge in [0.25, 0.3) is 6.71 Å². The molecular formula is C57H39BN2S2. The molecule has 8 aromatic carbocycles.